The highest BCUT2D eigenvalue weighted by Gasteiger charge is 2.03. The molecule has 0 fully saturated rings. The molecule has 16 heavy (non-hydrogen) atoms. The number of hydrogen-bond acceptors (Lipinski definition) is 3. The zero-order valence-electron chi connectivity index (χ0n) is 8.84. The zero-order valence-corrected chi connectivity index (χ0v) is 8.84. The van der Waals surface area contributed by atoms with Crippen LogP contribution in [0.3, 0.4) is 0 Å². The predicted molar refractivity (Wildman–Crippen MR) is 60.9 cm³/mol. The lowest BCUT2D eigenvalue weighted by Gasteiger charge is -2.05. The van der Waals surface area contributed by atoms with Gasteiger partial charge in [-0.15, -0.1) is 0 Å². The van der Waals surface area contributed by atoms with Gasteiger partial charge >= 0.3 is 0 Å². The smallest absolute Gasteiger partial charge is 0.120 e. The Morgan fingerprint density at radius 2 is 2.12 bits per heavy atom. The number of pyridine rings is 1. The molecule has 3 heteroatoms. The molecule has 1 heterocycles. The number of benzene rings is 1. The van der Waals surface area contributed by atoms with Crippen LogP contribution < -0.4 is 4.74 Å². The number of nitrogens with zero attached hydrogens (tertiary/aromatic N) is 2. The summed E-state index contributed by atoms with van der Waals surface area (Å²) in [5, 5.41) is 8.91. The summed E-state index contributed by atoms with van der Waals surface area (Å²) in [7, 11) is 1.59. The van der Waals surface area contributed by atoms with Gasteiger partial charge in [0, 0.05) is 18.0 Å². The van der Waals surface area contributed by atoms with Gasteiger partial charge < -0.3 is 4.74 Å². The first-order chi connectivity index (χ1) is 7.83. The van der Waals surface area contributed by atoms with Crippen molar-refractivity contribution in [3.05, 3.63) is 48.3 Å². The SMILES string of the molecule is COc1cc(C#N)cc(-c2cccnc2)c1. The van der Waals surface area contributed by atoms with E-state index >= 15 is 0 Å². The molecule has 0 amide bonds. The Morgan fingerprint density at radius 3 is 2.75 bits per heavy atom. The first-order valence-electron chi connectivity index (χ1n) is 4.83. The molecule has 0 bridgehead atoms. The summed E-state index contributed by atoms with van der Waals surface area (Å²) >= 11 is 0. The molecular formula is C13H10N2O. The largest absolute Gasteiger partial charge is 0.497 e. The summed E-state index contributed by atoms with van der Waals surface area (Å²) in [5.41, 5.74) is 2.49. The van der Waals surface area contributed by atoms with Crippen LogP contribution in [0.4, 0.5) is 0 Å². The van der Waals surface area contributed by atoms with Crippen molar-refractivity contribution in [2.75, 3.05) is 7.11 Å². The van der Waals surface area contributed by atoms with E-state index in [-0.39, 0.29) is 0 Å². The van der Waals surface area contributed by atoms with Gasteiger partial charge in [-0.25, -0.2) is 0 Å². The van der Waals surface area contributed by atoms with Crippen molar-refractivity contribution >= 4 is 0 Å². The van der Waals surface area contributed by atoms with E-state index in [9.17, 15) is 0 Å². The fraction of sp³-hybridized carbons (Fsp3) is 0.0769. The minimum Gasteiger partial charge on any atom is -0.497 e. The fourth-order valence-electron chi connectivity index (χ4n) is 1.48. The highest BCUT2D eigenvalue weighted by molar-refractivity contribution is 5.66. The third-order valence-corrected chi connectivity index (χ3v) is 2.27. The van der Waals surface area contributed by atoms with Crippen LogP contribution in [-0.2, 0) is 0 Å². The summed E-state index contributed by atoms with van der Waals surface area (Å²) in [6.45, 7) is 0. The van der Waals surface area contributed by atoms with Crippen LogP contribution in [0.2, 0.25) is 0 Å². The normalized spacial score (nSPS) is 9.50. The molecule has 0 saturated carbocycles. The van der Waals surface area contributed by atoms with Crippen LogP contribution in [-0.4, -0.2) is 12.1 Å². The number of methoxy groups -OCH3 is 1. The van der Waals surface area contributed by atoms with Gasteiger partial charge in [-0.3, -0.25) is 4.98 Å². The van der Waals surface area contributed by atoms with Crippen molar-refractivity contribution in [3.63, 3.8) is 0 Å². The summed E-state index contributed by atoms with van der Waals surface area (Å²) in [4.78, 5) is 4.05. The standard InChI is InChI=1S/C13H10N2O/c1-16-13-6-10(8-14)5-12(7-13)11-3-2-4-15-9-11/h2-7,9H,1H3. The highest BCUT2D eigenvalue weighted by Crippen LogP contribution is 2.24. The summed E-state index contributed by atoms with van der Waals surface area (Å²) in [6, 6.07) is 11.3. The van der Waals surface area contributed by atoms with Crippen molar-refractivity contribution in [2.24, 2.45) is 0 Å². The molecule has 2 rings (SSSR count). The summed E-state index contributed by atoms with van der Waals surface area (Å²) in [5.74, 6) is 0.679. The minimum absolute atomic E-state index is 0.582. The number of hydrogen-bond donors (Lipinski definition) is 0. The number of rotatable bonds is 2. The lowest BCUT2D eigenvalue weighted by atomic mass is 10.0. The number of aromatic nitrogens is 1. The molecule has 3 nitrogen and oxygen atoms in total. The van der Waals surface area contributed by atoms with Crippen LogP contribution in [0.5, 0.6) is 5.75 Å². The maximum absolute atomic E-state index is 8.91. The minimum atomic E-state index is 0.582. The Labute approximate surface area is 93.9 Å². The molecule has 0 saturated heterocycles. The monoisotopic (exact) mass is 210 g/mol. The van der Waals surface area contributed by atoms with Crippen molar-refractivity contribution in [1.82, 2.24) is 4.98 Å². The maximum Gasteiger partial charge on any atom is 0.120 e. The molecule has 1 aromatic heterocycles. The molecule has 0 aliphatic rings. The summed E-state index contributed by atoms with van der Waals surface area (Å²) in [6.07, 6.45) is 3.48. The van der Waals surface area contributed by atoms with E-state index in [1.165, 1.54) is 0 Å². The van der Waals surface area contributed by atoms with Gasteiger partial charge in [0.25, 0.3) is 0 Å². The molecule has 0 atom stereocenters. The van der Waals surface area contributed by atoms with Crippen LogP contribution in [0.1, 0.15) is 5.56 Å². The van der Waals surface area contributed by atoms with Crippen LogP contribution in [0, 0.1) is 11.3 Å². The van der Waals surface area contributed by atoms with E-state index in [1.807, 2.05) is 24.3 Å². The second-order valence-electron chi connectivity index (χ2n) is 3.30. The van der Waals surface area contributed by atoms with Gasteiger partial charge in [0.05, 0.1) is 18.7 Å². The van der Waals surface area contributed by atoms with Crippen LogP contribution >= 0.6 is 0 Å². The lowest BCUT2D eigenvalue weighted by Crippen LogP contribution is -1.87. The number of nitriles is 1. The Bertz CT molecular complexity index is 529. The lowest BCUT2D eigenvalue weighted by molar-refractivity contribution is 0.415. The quantitative estimate of drug-likeness (QED) is 0.765. The third-order valence-electron chi connectivity index (χ3n) is 2.27. The van der Waals surface area contributed by atoms with Gasteiger partial charge in [-0.05, 0) is 29.8 Å². The van der Waals surface area contributed by atoms with Crippen LogP contribution in [0.25, 0.3) is 11.1 Å². The maximum atomic E-state index is 8.91. The van der Waals surface area contributed by atoms with Gasteiger partial charge in [-0.1, -0.05) is 6.07 Å². The van der Waals surface area contributed by atoms with Gasteiger partial charge in [0.2, 0.25) is 0 Å². The Morgan fingerprint density at radius 1 is 1.25 bits per heavy atom. The molecule has 0 aliphatic carbocycles. The van der Waals surface area contributed by atoms with Gasteiger partial charge in [-0.2, -0.15) is 5.26 Å². The third kappa shape index (κ3) is 2.01. The second kappa shape index (κ2) is 4.45. The average molecular weight is 210 g/mol. The van der Waals surface area contributed by atoms with Crippen molar-refractivity contribution in [2.45, 2.75) is 0 Å². The highest BCUT2D eigenvalue weighted by atomic mass is 16.5. The molecule has 78 valence electrons. The molecule has 0 radical (unpaired) electrons. The first-order valence-corrected chi connectivity index (χ1v) is 4.83. The van der Waals surface area contributed by atoms with Gasteiger partial charge in [0.1, 0.15) is 5.75 Å². The van der Waals surface area contributed by atoms with E-state index in [0.717, 1.165) is 11.1 Å². The molecule has 1 aromatic carbocycles. The molecular weight excluding hydrogens is 200 g/mol. The topological polar surface area (TPSA) is 45.9 Å². The summed E-state index contributed by atoms with van der Waals surface area (Å²) < 4.78 is 5.15. The molecule has 0 aliphatic heterocycles. The van der Waals surface area contributed by atoms with Crippen molar-refractivity contribution < 1.29 is 4.74 Å². The van der Waals surface area contributed by atoms with E-state index < -0.39 is 0 Å². The molecule has 0 spiro atoms. The molecule has 0 unspecified atom stereocenters. The van der Waals surface area contributed by atoms with Crippen LogP contribution in [0.15, 0.2) is 42.7 Å². The van der Waals surface area contributed by atoms with E-state index in [4.69, 9.17) is 10.00 Å². The Balaban J connectivity index is 2.54. The Hall–Kier alpha value is -2.34. The van der Waals surface area contributed by atoms with Crippen molar-refractivity contribution in [1.29, 1.82) is 5.26 Å². The van der Waals surface area contributed by atoms with E-state index in [1.54, 1.807) is 25.6 Å². The zero-order chi connectivity index (χ0) is 11.4. The number of ether oxygens (including phenoxy) is 1. The predicted octanol–water partition coefficient (Wildman–Crippen LogP) is 2.63. The van der Waals surface area contributed by atoms with E-state index in [2.05, 4.69) is 11.1 Å². The van der Waals surface area contributed by atoms with Crippen molar-refractivity contribution in [3.8, 4) is 22.9 Å². The molecule has 2 aromatic rings. The fourth-order valence-corrected chi connectivity index (χ4v) is 1.48. The Kier molecular flexibility index (Phi) is 2.84. The molecule has 0 N–H and O–H groups in total. The van der Waals surface area contributed by atoms with E-state index in [0.29, 0.717) is 11.3 Å². The average Bonchev–Trinajstić information content (AvgIpc) is 2.39. The first kappa shape index (κ1) is 10.2. The van der Waals surface area contributed by atoms with Gasteiger partial charge in [0.15, 0.2) is 0 Å². The second-order valence-corrected chi connectivity index (χ2v) is 3.30.